The van der Waals surface area contributed by atoms with E-state index in [1.165, 1.54) is 7.11 Å². The van der Waals surface area contributed by atoms with Gasteiger partial charge in [-0.05, 0) is 23.8 Å². The summed E-state index contributed by atoms with van der Waals surface area (Å²) < 4.78 is 4.70. The highest BCUT2D eigenvalue weighted by Crippen LogP contribution is 2.18. The van der Waals surface area contributed by atoms with Crippen molar-refractivity contribution in [3.8, 4) is 0 Å². The van der Waals surface area contributed by atoms with Crippen molar-refractivity contribution >= 4 is 17.5 Å². The van der Waals surface area contributed by atoms with Gasteiger partial charge in [0.15, 0.2) is 0 Å². The Balaban J connectivity index is 2.19. The monoisotopic (exact) mass is 271 g/mol. The first-order valence-electron chi connectivity index (χ1n) is 6.20. The second-order valence-corrected chi connectivity index (χ2v) is 4.45. The Morgan fingerprint density at radius 2 is 2.10 bits per heavy atom. The Hall–Kier alpha value is -2.56. The molecule has 20 heavy (non-hydrogen) atoms. The summed E-state index contributed by atoms with van der Waals surface area (Å²) in [4.78, 5) is 17.7. The molecule has 0 fully saturated rings. The summed E-state index contributed by atoms with van der Waals surface area (Å²) in [5.74, 6) is 0.317. The van der Waals surface area contributed by atoms with Gasteiger partial charge in [0.2, 0.25) is 0 Å². The van der Waals surface area contributed by atoms with Crippen molar-refractivity contribution in [3.63, 3.8) is 0 Å². The van der Waals surface area contributed by atoms with Crippen LogP contribution in [0.5, 0.6) is 0 Å². The molecular formula is C15H17N3O2. The summed E-state index contributed by atoms with van der Waals surface area (Å²) in [7, 11) is 3.26. The fraction of sp³-hybridized carbons (Fsp3) is 0.200. The van der Waals surface area contributed by atoms with Crippen LogP contribution < -0.4 is 10.6 Å². The second-order valence-electron chi connectivity index (χ2n) is 4.45. The number of rotatable bonds is 4. The standard InChI is InChI=1S/C15H17N3O2/c1-18(10-12-5-3-4-6-13(12)16)14-9-11(7-8-17-14)15(19)20-2/h3-9H,10,16H2,1-2H3. The van der Waals surface area contributed by atoms with Gasteiger partial charge in [0.1, 0.15) is 5.82 Å². The highest BCUT2D eigenvalue weighted by molar-refractivity contribution is 5.90. The average molecular weight is 271 g/mol. The van der Waals surface area contributed by atoms with Crippen LogP contribution in [0.1, 0.15) is 15.9 Å². The van der Waals surface area contributed by atoms with Crippen molar-refractivity contribution in [1.29, 1.82) is 0 Å². The molecule has 0 radical (unpaired) electrons. The molecule has 5 nitrogen and oxygen atoms in total. The van der Waals surface area contributed by atoms with Crippen LogP contribution in [0.4, 0.5) is 11.5 Å². The second kappa shape index (κ2) is 6.06. The van der Waals surface area contributed by atoms with Gasteiger partial charge in [-0.15, -0.1) is 0 Å². The van der Waals surface area contributed by atoms with Crippen LogP contribution in [0, 0.1) is 0 Å². The molecule has 104 valence electrons. The number of nitrogens with two attached hydrogens (primary N) is 1. The molecule has 1 aromatic heterocycles. The molecule has 0 aliphatic rings. The number of aromatic nitrogens is 1. The molecule has 0 aliphatic heterocycles. The van der Waals surface area contributed by atoms with Gasteiger partial charge in [0.05, 0.1) is 12.7 Å². The molecule has 0 aliphatic carbocycles. The molecule has 2 N–H and O–H groups in total. The molecule has 0 spiro atoms. The molecule has 1 heterocycles. The van der Waals surface area contributed by atoms with Gasteiger partial charge in [-0.2, -0.15) is 0 Å². The normalized spacial score (nSPS) is 10.1. The molecule has 0 unspecified atom stereocenters. The third kappa shape index (κ3) is 3.06. The lowest BCUT2D eigenvalue weighted by Gasteiger charge is -2.19. The third-order valence-electron chi connectivity index (χ3n) is 3.02. The molecule has 1 aromatic carbocycles. The third-order valence-corrected chi connectivity index (χ3v) is 3.02. The molecule has 5 heteroatoms. The number of anilines is 2. The molecule has 0 amide bonds. The van der Waals surface area contributed by atoms with Crippen molar-refractivity contribution in [2.45, 2.75) is 6.54 Å². The Morgan fingerprint density at radius 3 is 2.80 bits per heavy atom. The number of pyridine rings is 1. The van der Waals surface area contributed by atoms with E-state index in [-0.39, 0.29) is 5.97 Å². The lowest BCUT2D eigenvalue weighted by Crippen LogP contribution is -2.19. The minimum Gasteiger partial charge on any atom is -0.465 e. The number of para-hydroxylation sites is 1. The topological polar surface area (TPSA) is 68.5 Å². The first-order chi connectivity index (χ1) is 9.61. The van der Waals surface area contributed by atoms with E-state index in [2.05, 4.69) is 4.98 Å². The van der Waals surface area contributed by atoms with E-state index in [1.807, 2.05) is 36.2 Å². The first-order valence-corrected chi connectivity index (χ1v) is 6.20. The minimum absolute atomic E-state index is 0.374. The fourth-order valence-corrected chi connectivity index (χ4v) is 1.89. The number of nitrogen functional groups attached to an aromatic ring is 1. The number of ether oxygens (including phenoxy) is 1. The van der Waals surface area contributed by atoms with Gasteiger partial charge >= 0.3 is 5.97 Å². The van der Waals surface area contributed by atoms with Crippen LogP contribution >= 0.6 is 0 Å². The maximum Gasteiger partial charge on any atom is 0.338 e. The molecule has 0 bridgehead atoms. The van der Waals surface area contributed by atoms with Gasteiger partial charge < -0.3 is 15.4 Å². The van der Waals surface area contributed by atoms with Crippen molar-refractivity contribution < 1.29 is 9.53 Å². The van der Waals surface area contributed by atoms with E-state index >= 15 is 0 Å². The summed E-state index contributed by atoms with van der Waals surface area (Å²) in [5.41, 5.74) is 8.16. The lowest BCUT2D eigenvalue weighted by molar-refractivity contribution is 0.0600. The van der Waals surface area contributed by atoms with E-state index in [0.717, 1.165) is 11.3 Å². The lowest BCUT2D eigenvalue weighted by atomic mass is 10.1. The quantitative estimate of drug-likeness (QED) is 0.681. The van der Waals surface area contributed by atoms with Crippen LogP contribution in [-0.2, 0) is 11.3 Å². The van der Waals surface area contributed by atoms with Crippen LogP contribution in [-0.4, -0.2) is 25.1 Å². The number of benzene rings is 1. The van der Waals surface area contributed by atoms with E-state index in [0.29, 0.717) is 17.9 Å². The predicted molar refractivity (Wildman–Crippen MR) is 78.5 cm³/mol. The summed E-state index contributed by atoms with van der Waals surface area (Å²) >= 11 is 0. The molecule has 0 saturated carbocycles. The maximum absolute atomic E-state index is 11.5. The van der Waals surface area contributed by atoms with Gasteiger partial charge in [0, 0.05) is 25.5 Å². The molecule has 2 aromatic rings. The number of carbonyl (C=O) groups is 1. The Labute approximate surface area is 118 Å². The van der Waals surface area contributed by atoms with Crippen LogP contribution in [0.15, 0.2) is 42.6 Å². The first kappa shape index (κ1) is 13.9. The Bertz CT molecular complexity index is 614. The Morgan fingerprint density at radius 1 is 1.35 bits per heavy atom. The van der Waals surface area contributed by atoms with Crippen molar-refractivity contribution in [2.24, 2.45) is 0 Å². The maximum atomic E-state index is 11.5. The number of esters is 1. The molecule has 0 saturated heterocycles. The predicted octanol–water partition coefficient (Wildman–Crippen LogP) is 2.09. The number of methoxy groups -OCH3 is 1. The average Bonchev–Trinajstić information content (AvgIpc) is 2.49. The summed E-state index contributed by atoms with van der Waals surface area (Å²) in [6.07, 6.45) is 1.59. The van der Waals surface area contributed by atoms with Crippen molar-refractivity contribution in [1.82, 2.24) is 4.98 Å². The zero-order chi connectivity index (χ0) is 14.5. The number of carbonyl (C=O) groups excluding carboxylic acids is 1. The van der Waals surface area contributed by atoms with Crippen LogP contribution in [0.2, 0.25) is 0 Å². The number of nitrogens with zero attached hydrogens (tertiary/aromatic N) is 2. The van der Waals surface area contributed by atoms with E-state index < -0.39 is 0 Å². The fourth-order valence-electron chi connectivity index (χ4n) is 1.89. The van der Waals surface area contributed by atoms with Gasteiger partial charge in [-0.3, -0.25) is 0 Å². The van der Waals surface area contributed by atoms with Gasteiger partial charge in [0.25, 0.3) is 0 Å². The van der Waals surface area contributed by atoms with Crippen LogP contribution in [0.25, 0.3) is 0 Å². The molecule has 0 atom stereocenters. The minimum atomic E-state index is -0.374. The largest absolute Gasteiger partial charge is 0.465 e. The van der Waals surface area contributed by atoms with Gasteiger partial charge in [-0.25, -0.2) is 9.78 Å². The zero-order valence-corrected chi connectivity index (χ0v) is 11.5. The smallest absolute Gasteiger partial charge is 0.338 e. The SMILES string of the molecule is COC(=O)c1ccnc(N(C)Cc2ccccc2N)c1. The van der Waals surface area contributed by atoms with E-state index in [9.17, 15) is 4.79 Å². The van der Waals surface area contributed by atoms with Crippen molar-refractivity contribution in [2.75, 3.05) is 24.8 Å². The number of hydrogen-bond acceptors (Lipinski definition) is 5. The van der Waals surface area contributed by atoms with Gasteiger partial charge in [-0.1, -0.05) is 18.2 Å². The Kier molecular flexibility index (Phi) is 4.20. The highest BCUT2D eigenvalue weighted by Gasteiger charge is 2.10. The summed E-state index contributed by atoms with van der Waals surface area (Å²) in [6, 6.07) is 11.0. The zero-order valence-electron chi connectivity index (χ0n) is 11.5. The number of hydrogen-bond donors (Lipinski definition) is 1. The molecular weight excluding hydrogens is 254 g/mol. The highest BCUT2D eigenvalue weighted by atomic mass is 16.5. The van der Waals surface area contributed by atoms with E-state index in [1.54, 1.807) is 18.3 Å². The van der Waals surface area contributed by atoms with E-state index in [4.69, 9.17) is 10.5 Å². The summed E-state index contributed by atoms with van der Waals surface area (Å²) in [5, 5.41) is 0. The molecule has 2 rings (SSSR count). The van der Waals surface area contributed by atoms with Crippen molar-refractivity contribution in [3.05, 3.63) is 53.7 Å². The van der Waals surface area contributed by atoms with Crippen LogP contribution in [0.3, 0.4) is 0 Å². The summed E-state index contributed by atoms with van der Waals surface area (Å²) in [6.45, 7) is 0.615.